The molecule has 0 spiro atoms. The molecule has 8 nitrogen and oxygen atoms in total. The maximum atomic E-state index is 13.3. The van der Waals surface area contributed by atoms with E-state index in [1.54, 1.807) is 43.5 Å². The summed E-state index contributed by atoms with van der Waals surface area (Å²) in [4.78, 5) is 28.0. The van der Waals surface area contributed by atoms with Crippen LogP contribution in [0.2, 0.25) is 0 Å². The van der Waals surface area contributed by atoms with Crippen LogP contribution in [0.1, 0.15) is 64.1 Å². The molecule has 0 saturated carbocycles. The van der Waals surface area contributed by atoms with Crippen LogP contribution in [0.15, 0.2) is 48.0 Å². The molecule has 8 heteroatoms. The molecule has 0 bridgehead atoms. The number of amides is 1. The Morgan fingerprint density at radius 1 is 0.949 bits per heavy atom. The summed E-state index contributed by atoms with van der Waals surface area (Å²) >= 11 is 0. The summed E-state index contributed by atoms with van der Waals surface area (Å²) < 4.78 is 22.7. The van der Waals surface area contributed by atoms with Gasteiger partial charge in [0.25, 0.3) is 11.7 Å². The number of aliphatic hydroxyl groups is 1. The van der Waals surface area contributed by atoms with E-state index in [1.165, 1.54) is 4.90 Å². The molecule has 0 aromatic heterocycles. The third kappa shape index (κ3) is 7.53. The Hall–Kier alpha value is -3.52. The topological polar surface area (TPSA) is 94.5 Å². The highest BCUT2D eigenvalue weighted by Crippen LogP contribution is 2.42. The maximum Gasteiger partial charge on any atom is 0.295 e. The fourth-order valence-electron chi connectivity index (χ4n) is 4.41. The van der Waals surface area contributed by atoms with Crippen molar-refractivity contribution in [2.75, 3.05) is 40.1 Å². The number of carbonyl (C=O) groups excluding carboxylic acids is 2. The van der Waals surface area contributed by atoms with Crippen LogP contribution in [0.4, 0.5) is 0 Å². The summed E-state index contributed by atoms with van der Waals surface area (Å²) in [5, 5.41) is 11.4. The molecule has 212 valence electrons. The van der Waals surface area contributed by atoms with E-state index in [9.17, 15) is 14.7 Å². The van der Waals surface area contributed by atoms with Crippen LogP contribution < -0.4 is 14.2 Å². The van der Waals surface area contributed by atoms with E-state index in [4.69, 9.17) is 18.9 Å². The van der Waals surface area contributed by atoms with E-state index < -0.39 is 17.7 Å². The summed E-state index contributed by atoms with van der Waals surface area (Å²) in [6.07, 6.45) is 2.31. The average molecular weight is 540 g/mol. The number of Topliss-reactive ketones (excluding diaryl/α,β-unsaturated/α-hetero) is 1. The number of hydrogen-bond donors (Lipinski definition) is 1. The molecule has 0 aliphatic carbocycles. The first-order chi connectivity index (χ1) is 18.8. The zero-order valence-corrected chi connectivity index (χ0v) is 23.7. The Labute approximate surface area is 231 Å². The molecular formula is C31H41NO7. The van der Waals surface area contributed by atoms with Crippen molar-refractivity contribution >= 4 is 17.4 Å². The van der Waals surface area contributed by atoms with Crippen molar-refractivity contribution in [2.24, 2.45) is 5.92 Å². The van der Waals surface area contributed by atoms with Crippen molar-refractivity contribution < 1.29 is 33.6 Å². The van der Waals surface area contributed by atoms with Crippen LogP contribution in [0.3, 0.4) is 0 Å². The van der Waals surface area contributed by atoms with Gasteiger partial charge in [-0.15, -0.1) is 0 Å². The molecule has 1 aliphatic heterocycles. The second-order valence-electron chi connectivity index (χ2n) is 9.88. The lowest BCUT2D eigenvalue weighted by atomic mass is 9.95. The van der Waals surface area contributed by atoms with Gasteiger partial charge in [0.15, 0.2) is 11.5 Å². The number of benzene rings is 2. The number of likely N-dealkylation sites (tertiary alicyclic amines) is 1. The number of aliphatic hydroxyl groups excluding tert-OH is 1. The Balaban J connectivity index is 2.05. The van der Waals surface area contributed by atoms with Gasteiger partial charge in [0.05, 0.1) is 31.4 Å². The molecule has 2 aromatic carbocycles. The predicted molar refractivity (Wildman–Crippen MR) is 150 cm³/mol. The Morgan fingerprint density at radius 3 is 2.33 bits per heavy atom. The Bertz CT molecular complexity index is 1140. The molecule has 1 heterocycles. The minimum atomic E-state index is -0.790. The van der Waals surface area contributed by atoms with Crippen LogP contribution in [0.5, 0.6) is 17.2 Å². The van der Waals surface area contributed by atoms with E-state index in [0.29, 0.717) is 73.7 Å². The number of hydrogen-bond acceptors (Lipinski definition) is 7. The first kappa shape index (κ1) is 30.0. The first-order valence-corrected chi connectivity index (χ1v) is 13.7. The third-order valence-electron chi connectivity index (χ3n) is 6.42. The largest absolute Gasteiger partial charge is 0.507 e. The van der Waals surface area contributed by atoms with Crippen molar-refractivity contribution in [3.05, 3.63) is 59.2 Å². The molecular weight excluding hydrogens is 498 g/mol. The van der Waals surface area contributed by atoms with Gasteiger partial charge in [-0.1, -0.05) is 26.8 Å². The molecule has 2 aromatic rings. The quantitative estimate of drug-likeness (QED) is 0.133. The minimum Gasteiger partial charge on any atom is -0.507 e. The standard InChI is InChI=1S/C31H41NO7/c1-6-17-38-24-12-9-22(10-13-24)29(33)27-28(32(16-8-18-36-5)31(35)30(27)34)23-11-14-25(26(20-23)37-7-2)39-19-15-21(3)4/h9-14,20-21,28,33H,6-8,15-19H2,1-5H3. The number of ether oxygens (including phenoxy) is 4. The lowest BCUT2D eigenvalue weighted by Crippen LogP contribution is -2.31. The lowest BCUT2D eigenvalue weighted by molar-refractivity contribution is -0.140. The van der Waals surface area contributed by atoms with Crippen LogP contribution in [0, 0.1) is 5.92 Å². The SMILES string of the molecule is CCCOc1ccc(C(O)=C2C(=O)C(=O)N(CCCOC)C2c2ccc(OCCC(C)C)c(OCC)c2)cc1. The summed E-state index contributed by atoms with van der Waals surface area (Å²) in [5.74, 6) is 0.675. The van der Waals surface area contributed by atoms with Gasteiger partial charge in [0.2, 0.25) is 0 Å². The van der Waals surface area contributed by atoms with Crippen molar-refractivity contribution in [1.82, 2.24) is 4.90 Å². The average Bonchev–Trinajstić information content (AvgIpc) is 3.17. The van der Waals surface area contributed by atoms with Crippen molar-refractivity contribution in [3.63, 3.8) is 0 Å². The third-order valence-corrected chi connectivity index (χ3v) is 6.42. The highest BCUT2D eigenvalue weighted by Gasteiger charge is 2.46. The highest BCUT2D eigenvalue weighted by molar-refractivity contribution is 6.46. The molecule has 1 amide bonds. The number of rotatable bonds is 15. The highest BCUT2D eigenvalue weighted by atomic mass is 16.5. The molecule has 0 radical (unpaired) electrons. The van der Waals surface area contributed by atoms with Gasteiger partial charge in [-0.2, -0.15) is 0 Å². The van der Waals surface area contributed by atoms with Gasteiger partial charge in [-0.3, -0.25) is 9.59 Å². The smallest absolute Gasteiger partial charge is 0.295 e. The number of methoxy groups -OCH3 is 1. The number of nitrogens with zero attached hydrogens (tertiary/aromatic N) is 1. The fourth-order valence-corrected chi connectivity index (χ4v) is 4.41. The van der Waals surface area contributed by atoms with Gasteiger partial charge < -0.3 is 29.0 Å². The van der Waals surface area contributed by atoms with Crippen LogP contribution in [-0.4, -0.2) is 61.8 Å². The summed E-state index contributed by atoms with van der Waals surface area (Å²) in [7, 11) is 1.59. The van der Waals surface area contributed by atoms with Gasteiger partial charge >= 0.3 is 0 Å². The summed E-state index contributed by atoms with van der Waals surface area (Å²) in [6, 6.07) is 11.5. The van der Waals surface area contributed by atoms with Crippen molar-refractivity contribution in [1.29, 1.82) is 0 Å². The van der Waals surface area contributed by atoms with E-state index in [2.05, 4.69) is 13.8 Å². The van der Waals surface area contributed by atoms with Crippen LogP contribution >= 0.6 is 0 Å². The van der Waals surface area contributed by atoms with Crippen LogP contribution in [-0.2, 0) is 14.3 Å². The number of ketones is 1. The van der Waals surface area contributed by atoms with Gasteiger partial charge in [-0.25, -0.2) is 0 Å². The fraction of sp³-hybridized carbons (Fsp3) is 0.484. The number of carbonyl (C=O) groups is 2. The molecule has 1 saturated heterocycles. The van der Waals surface area contributed by atoms with E-state index in [-0.39, 0.29) is 11.3 Å². The summed E-state index contributed by atoms with van der Waals surface area (Å²) in [6.45, 7) is 10.4. The van der Waals surface area contributed by atoms with E-state index in [1.807, 2.05) is 19.9 Å². The van der Waals surface area contributed by atoms with Crippen LogP contribution in [0.25, 0.3) is 5.76 Å². The zero-order valence-electron chi connectivity index (χ0n) is 23.7. The van der Waals surface area contributed by atoms with Crippen molar-refractivity contribution in [2.45, 2.75) is 53.0 Å². The lowest BCUT2D eigenvalue weighted by Gasteiger charge is -2.26. The van der Waals surface area contributed by atoms with E-state index >= 15 is 0 Å². The van der Waals surface area contributed by atoms with Gasteiger partial charge in [0.1, 0.15) is 11.5 Å². The molecule has 1 fully saturated rings. The second-order valence-corrected chi connectivity index (χ2v) is 9.88. The van der Waals surface area contributed by atoms with Gasteiger partial charge in [0, 0.05) is 25.8 Å². The maximum absolute atomic E-state index is 13.3. The molecule has 1 unspecified atom stereocenters. The first-order valence-electron chi connectivity index (χ1n) is 13.7. The molecule has 1 atom stereocenters. The van der Waals surface area contributed by atoms with Crippen molar-refractivity contribution in [3.8, 4) is 17.2 Å². The Morgan fingerprint density at radius 2 is 1.69 bits per heavy atom. The predicted octanol–water partition coefficient (Wildman–Crippen LogP) is 5.76. The molecule has 1 N–H and O–H groups in total. The van der Waals surface area contributed by atoms with E-state index in [0.717, 1.165) is 12.8 Å². The second kappa shape index (κ2) is 14.6. The Kier molecular flexibility index (Phi) is 11.2. The molecule has 1 aliphatic rings. The minimum absolute atomic E-state index is 0.0376. The monoisotopic (exact) mass is 539 g/mol. The molecule has 39 heavy (non-hydrogen) atoms. The summed E-state index contributed by atoms with van der Waals surface area (Å²) in [5.41, 5.74) is 1.11. The zero-order chi connectivity index (χ0) is 28.4. The van der Waals surface area contributed by atoms with Gasteiger partial charge in [-0.05, 0) is 74.1 Å². The normalized spacial score (nSPS) is 16.7. The molecule has 3 rings (SSSR count).